The van der Waals surface area contributed by atoms with Gasteiger partial charge in [0.25, 0.3) is 5.56 Å². The summed E-state index contributed by atoms with van der Waals surface area (Å²) >= 11 is 1.59. The third-order valence-corrected chi connectivity index (χ3v) is 6.60. The lowest BCUT2D eigenvalue weighted by Crippen LogP contribution is -2.22. The maximum Gasteiger partial charge on any atom is 0.283 e. The van der Waals surface area contributed by atoms with Crippen molar-refractivity contribution in [3.05, 3.63) is 99.3 Å². The van der Waals surface area contributed by atoms with Crippen LogP contribution in [0.3, 0.4) is 0 Å². The number of fused-ring (bicyclic) bond motifs is 3. The Balaban J connectivity index is 1.73. The van der Waals surface area contributed by atoms with E-state index in [4.69, 9.17) is 4.98 Å². The van der Waals surface area contributed by atoms with Gasteiger partial charge in [-0.05, 0) is 49.6 Å². The largest absolute Gasteiger partial charge is 0.349 e. The van der Waals surface area contributed by atoms with Crippen LogP contribution in [0.5, 0.6) is 0 Å². The van der Waals surface area contributed by atoms with Crippen molar-refractivity contribution in [3.63, 3.8) is 0 Å². The predicted molar refractivity (Wildman–Crippen MR) is 129 cm³/mol. The fourth-order valence-electron chi connectivity index (χ4n) is 3.84. The van der Waals surface area contributed by atoms with Gasteiger partial charge in [0.15, 0.2) is 5.16 Å². The van der Waals surface area contributed by atoms with E-state index < -0.39 is 0 Å². The summed E-state index contributed by atoms with van der Waals surface area (Å²) in [7, 11) is 0. The lowest BCUT2D eigenvalue weighted by Gasteiger charge is -2.15. The molecular formula is C26H23N3OS. The molecule has 0 fully saturated rings. The monoisotopic (exact) mass is 425 g/mol. The van der Waals surface area contributed by atoms with Gasteiger partial charge in [0, 0.05) is 16.7 Å². The summed E-state index contributed by atoms with van der Waals surface area (Å²) in [5, 5.41) is 1.68. The van der Waals surface area contributed by atoms with Gasteiger partial charge in [-0.1, -0.05) is 71.9 Å². The van der Waals surface area contributed by atoms with Gasteiger partial charge in [0.05, 0.1) is 5.69 Å². The van der Waals surface area contributed by atoms with E-state index in [1.54, 1.807) is 16.3 Å². The number of H-pyrrole nitrogens is 1. The number of benzene rings is 3. The molecular weight excluding hydrogens is 402 g/mol. The standard InChI is InChI=1S/C26H23N3OS/c1-16-9-12-19(13-10-16)15-31-26-28-23-20-6-4-5-7-21(20)27-24(23)25(30)29(26)22-14-17(2)8-11-18(22)3/h4-14,27H,15H2,1-3H3. The molecule has 0 aliphatic rings. The summed E-state index contributed by atoms with van der Waals surface area (Å²) in [6, 6.07) is 22.6. The summed E-state index contributed by atoms with van der Waals surface area (Å²) in [4.78, 5) is 22.0. The van der Waals surface area contributed by atoms with E-state index in [2.05, 4.69) is 54.4 Å². The molecule has 0 saturated carbocycles. The quantitative estimate of drug-likeness (QED) is 0.280. The van der Waals surface area contributed by atoms with Crippen LogP contribution in [0.2, 0.25) is 0 Å². The van der Waals surface area contributed by atoms with Crippen LogP contribution in [-0.2, 0) is 5.75 Å². The molecule has 0 atom stereocenters. The summed E-state index contributed by atoms with van der Waals surface area (Å²) in [5.41, 5.74) is 7.60. The van der Waals surface area contributed by atoms with E-state index in [1.807, 2.05) is 38.1 Å². The Morgan fingerprint density at radius 2 is 1.68 bits per heavy atom. The topological polar surface area (TPSA) is 50.7 Å². The third kappa shape index (κ3) is 3.55. The number of nitrogens with zero attached hydrogens (tertiary/aromatic N) is 2. The Bertz CT molecular complexity index is 1480. The lowest BCUT2D eigenvalue weighted by atomic mass is 10.1. The minimum absolute atomic E-state index is 0.0682. The molecule has 2 aromatic heterocycles. The number of aryl methyl sites for hydroxylation is 3. The van der Waals surface area contributed by atoms with Crippen molar-refractivity contribution in [2.24, 2.45) is 0 Å². The zero-order valence-electron chi connectivity index (χ0n) is 17.8. The second-order valence-corrected chi connectivity index (χ2v) is 8.94. The highest BCUT2D eigenvalue weighted by atomic mass is 32.2. The van der Waals surface area contributed by atoms with Gasteiger partial charge in [0.1, 0.15) is 11.0 Å². The Hall–Kier alpha value is -3.31. The Morgan fingerprint density at radius 3 is 2.48 bits per heavy atom. The van der Waals surface area contributed by atoms with Crippen molar-refractivity contribution >= 4 is 33.7 Å². The number of para-hydroxylation sites is 1. The van der Waals surface area contributed by atoms with Crippen LogP contribution < -0.4 is 5.56 Å². The molecule has 0 saturated heterocycles. The van der Waals surface area contributed by atoms with E-state index in [1.165, 1.54) is 11.1 Å². The zero-order valence-corrected chi connectivity index (χ0v) is 18.6. The third-order valence-electron chi connectivity index (χ3n) is 5.59. The molecule has 5 heteroatoms. The molecule has 1 N–H and O–H groups in total. The first kappa shape index (κ1) is 19.6. The summed E-state index contributed by atoms with van der Waals surface area (Å²) < 4.78 is 1.76. The van der Waals surface area contributed by atoms with Gasteiger partial charge in [0.2, 0.25) is 0 Å². The Kier molecular flexibility index (Phi) is 4.91. The smallest absolute Gasteiger partial charge is 0.283 e. The van der Waals surface area contributed by atoms with Gasteiger partial charge in [-0.25, -0.2) is 4.98 Å². The number of hydrogen-bond acceptors (Lipinski definition) is 3. The molecule has 0 unspecified atom stereocenters. The highest BCUT2D eigenvalue weighted by molar-refractivity contribution is 7.98. The number of hydrogen-bond donors (Lipinski definition) is 1. The normalized spacial score (nSPS) is 11.5. The van der Waals surface area contributed by atoms with Gasteiger partial charge < -0.3 is 4.98 Å². The summed E-state index contributed by atoms with van der Waals surface area (Å²) in [5.74, 6) is 0.742. The fourth-order valence-corrected chi connectivity index (χ4v) is 4.80. The highest BCUT2D eigenvalue weighted by Crippen LogP contribution is 2.29. The van der Waals surface area contributed by atoms with Crippen LogP contribution in [0.15, 0.2) is 76.7 Å². The first-order valence-electron chi connectivity index (χ1n) is 10.3. The minimum Gasteiger partial charge on any atom is -0.349 e. The summed E-state index contributed by atoms with van der Waals surface area (Å²) in [6.07, 6.45) is 0. The van der Waals surface area contributed by atoms with Crippen molar-refractivity contribution in [1.82, 2.24) is 14.5 Å². The molecule has 0 aliphatic carbocycles. The van der Waals surface area contributed by atoms with Crippen molar-refractivity contribution in [1.29, 1.82) is 0 Å². The maximum atomic E-state index is 13.7. The molecule has 3 aromatic carbocycles. The maximum absolute atomic E-state index is 13.7. The summed E-state index contributed by atoms with van der Waals surface area (Å²) in [6.45, 7) is 6.16. The molecule has 4 nitrogen and oxygen atoms in total. The minimum atomic E-state index is -0.0682. The lowest BCUT2D eigenvalue weighted by molar-refractivity contribution is 0.812. The van der Waals surface area contributed by atoms with E-state index in [0.717, 1.165) is 39.0 Å². The second kappa shape index (κ2) is 7.75. The van der Waals surface area contributed by atoms with Gasteiger partial charge in [-0.2, -0.15) is 0 Å². The van der Waals surface area contributed by atoms with Crippen LogP contribution in [0.1, 0.15) is 22.3 Å². The van der Waals surface area contributed by atoms with Crippen molar-refractivity contribution in [2.75, 3.05) is 0 Å². The molecule has 0 spiro atoms. The van der Waals surface area contributed by atoms with E-state index in [-0.39, 0.29) is 5.56 Å². The number of thioether (sulfide) groups is 1. The van der Waals surface area contributed by atoms with Crippen LogP contribution >= 0.6 is 11.8 Å². The van der Waals surface area contributed by atoms with Crippen molar-refractivity contribution in [3.8, 4) is 5.69 Å². The molecule has 5 rings (SSSR count). The van der Waals surface area contributed by atoms with Gasteiger partial charge in [-0.15, -0.1) is 0 Å². The first-order valence-corrected chi connectivity index (χ1v) is 11.3. The molecule has 0 aliphatic heterocycles. The van der Waals surface area contributed by atoms with Gasteiger partial charge >= 0.3 is 0 Å². The van der Waals surface area contributed by atoms with Crippen molar-refractivity contribution in [2.45, 2.75) is 31.7 Å². The predicted octanol–water partition coefficient (Wildman–Crippen LogP) is 6.08. The number of rotatable bonds is 4. The molecule has 5 aromatic rings. The number of aromatic amines is 1. The molecule has 31 heavy (non-hydrogen) atoms. The zero-order chi connectivity index (χ0) is 21.5. The fraction of sp³-hybridized carbons (Fsp3) is 0.154. The average molecular weight is 426 g/mol. The average Bonchev–Trinajstić information content (AvgIpc) is 3.14. The van der Waals surface area contributed by atoms with E-state index in [0.29, 0.717) is 10.7 Å². The SMILES string of the molecule is Cc1ccc(CSc2nc3c([nH]c4ccccc43)c(=O)n2-c2cc(C)ccc2C)cc1. The van der Waals surface area contributed by atoms with Crippen LogP contribution in [0.4, 0.5) is 0 Å². The van der Waals surface area contributed by atoms with E-state index >= 15 is 0 Å². The molecule has 154 valence electrons. The highest BCUT2D eigenvalue weighted by Gasteiger charge is 2.18. The Labute approximate surface area is 185 Å². The van der Waals surface area contributed by atoms with Crippen molar-refractivity contribution < 1.29 is 0 Å². The van der Waals surface area contributed by atoms with E-state index in [9.17, 15) is 4.79 Å². The molecule has 0 amide bonds. The second-order valence-electron chi connectivity index (χ2n) is 7.99. The van der Waals surface area contributed by atoms with Crippen LogP contribution in [0, 0.1) is 20.8 Å². The van der Waals surface area contributed by atoms with Crippen LogP contribution in [0.25, 0.3) is 27.6 Å². The number of nitrogens with one attached hydrogen (secondary N) is 1. The Morgan fingerprint density at radius 1 is 0.935 bits per heavy atom. The number of aromatic nitrogens is 3. The molecule has 0 bridgehead atoms. The van der Waals surface area contributed by atoms with Crippen LogP contribution in [-0.4, -0.2) is 14.5 Å². The van der Waals surface area contributed by atoms with Gasteiger partial charge in [-0.3, -0.25) is 9.36 Å². The molecule has 2 heterocycles. The molecule has 0 radical (unpaired) electrons. The first-order chi connectivity index (χ1) is 15.0.